The molecular formula is C34H43N3O3. The van der Waals surface area contributed by atoms with Gasteiger partial charge in [-0.1, -0.05) is 81.0 Å². The molecule has 3 aliphatic carbocycles. The van der Waals surface area contributed by atoms with Gasteiger partial charge in [-0.25, -0.2) is 0 Å². The van der Waals surface area contributed by atoms with E-state index < -0.39 is 6.23 Å². The SMILES string of the molecule is CC1C=CC(=NCCNCC2CCC3=C(C2=O)c2ccccc2C(C)C3Cc2ccc(C(O)NO)cc2)CC1C. The van der Waals surface area contributed by atoms with E-state index in [1.54, 1.807) is 0 Å². The fourth-order valence-corrected chi connectivity index (χ4v) is 6.63. The van der Waals surface area contributed by atoms with Crippen LogP contribution in [0.15, 0.2) is 71.2 Å². The first kappa shape index (κ1) is 28.6. The molecule has 6 atom stereocenters. The maximum Gasteiger partial charge on any atom is 0.167 e. The second-order valence-electron chi connectivity index (χ2n) is 11.9. The van der Waals surface area contributed by atoms with Crippen molar-refractivity contribution in [1.29, 1.82) is 0 Å². The van der Waals surface area contributed by atoms with Crippen LogP contribution in [0.3, 0.4) is 0 Å². The van der Waals surface area contributed by atoms with Gasteiger partial charge < -0.3 is 15.6 Å². The number of hydrogen-bond donors (Lipinski definition) is 4. The normalized spacial score (nSPS) is 28.0. The minimum atomic E-state index is -1.10. The van der Waals surface area contributed by atoms with Gasteiger partial charge in [0.1, 0.15) is 0 Å². The number of ketones is 1. The largest absolute Gasteiger partial charge is 0.372 e. The van der Waals surface area contributed by atoms with Gasteiger partial charge in [0.15, 0.2) is 12.0 Å². The second kappa shape index (κ2) is 12.7. The molecule has 6 heteroatoms. The molecule has 0 aliphatic heterocycles. The number of aliphatic hydroxyl groups excluding tert-OH is 1. The summed E-state index contributed by atoms with van der Waals surface area (Å²) in [6.45, 7) is 9.03. The van der Waals surface area contributed by atoms with Crippen LogP contribution in [0, 0.1) is 23.7 Å². The molecule has 0 spiro atoms. The Hall–Kier alpha value is -2.90. The Morgan fingerprint density at radius 2 is 1.85 bits per heavy atom. The third-order valence-electron chi connectivity index (χ3n) is 9.36. The van der Waals surface area contributed by atoms with E-state index in [0.717, 1.165) is 55.5 Å². The number of nitrogens with zero attached hydrogens (tertiary/aromatic N) is 1. The third kappa shape index (κ3) is 6.06. The molecule has 40 heavy (non-hydrogen) atoms. The molecule has 5 rings (SSSR count). The number of carbonyl (C=O) groups excluding carboxylic acids is 1. The average Bonchev–Trinajstić information content (AvgIpc) is 2.97. The molecule has 0 saturated carbocycles. The molecule has 0 fully saturated rings. The van der Waals surface area contributed by atoms with Gasteiger partial charge in [0.25, 0.3) is 0 Å². The van der Waals surface area contributed by atoms with Crippen LogP contribution in [0.25, 0.3) is 5.57 Å². The lowest BCUT2D eigenvalue weighted by atomic mass is 9.64. The summed E-state index contributed by atoms with van der Waals surface area (Å²) in [4.78, 5) is 18.8. The summed E-state index contributed by atoms with van der Waals surface area (Å²) in [5.74, 6) is 2.06. The molecule has 212 valence electrons. The predicted molar refractivity (Wildman–Crippen MR) is 160 cm³/mol. The molecule has 0 radical (unpaired) electrons. The van der Waals surface area contributed by atoms with Crippen molar-refractivity contribution in [3.63, 3.8) is 0 Å². The smallest absolute Gasteiger partial charge is 0.167 e. The number of hydrogen-bond acceptors (Lipinski definition) is 6. The van der Waals surface area contributed by atoms with E-state index in [2.05, 4.69) is 56.4 Å². The maximum atomic E-state index is 14.0. The highest BCUT2D eigenvalue weighted by Gasteiger charge is 2.40. The highest BCUT2D eigenvalue weighted by molar-refractivity contribution is 6.24. The molecule has 6 nitrogen and oxygen atoms in total. The summed E-state index contributed by atoms with van der Waals surface area (Å²) >= 11 is 0. The molecule has 4 N–H and O–H groups in total. The Bertz CT molecular complexity index is 1300. The summed E-state index contributed by atoms with van der Waals surface area (Å²) in [7, 11) is 0. The van der Waals surface area contributed by atoms with E-state index >= 15 is 0 Å². The Balaban J connectivity index is 1.28. The van der Waals surface area contributed by atoms with Crippen molar-refractivity contribution in [2.24, 2.45) is 28.7 Å². The number of aliphatic hydroxyl groups is 1. The van der Waals surface area contributed by atoms with E-state index in [0.29, 0.717) is 29.9 Å². The number of benzene rings is 2. The van der Waals surface area contributed by atoms with Crippen LogP contribution in [-0.4, -0.2) is 41.4 Å². The summed E-state index contributed by atoms with van der Waals surface area (Å²) < 4.78 is 0. The van der Waals surface area contributed by atoms with Crippen molar-refractivity contribution in [3.05, 3.63) is 88.5 Å². The van der Waals surface area contributed by atoms with E-state index in [9.17, 15) is 9.90 Å². The highest BCUT2D eigenvalue weighted by atomic mass is 16.5. The number of Topliss-reactive ketones (excluding diaryl/α,β-unsaturated/α-hetero) is 1. The quantitative estimate of drug-likeness (QED) is 0.188. The zero-order valence-corrected chi connectivity index (χ0v) is 23.9. The lowest BCUT2D eigenvalue weighted by Crippen LogP contribution is -2.36. The number of allylic oxidation sites excluding steroid dienone is 4. The minimum Gasteiger partial charge on any atom is -0.372 e. The van der Waals surface area contributed by atoms with Gasteiger partial charge in [0.05, 0.1) is 6.54 Å². The summed E-state index contributed by atoms with van der Waals surface area (Å²) in [6.07, 6.45) is 7.01. The lowest BCUT2D eigenvalue weighted by Gasteiger charge is -2.39. The van der Waals surface area contributed by atoms with Crippen LogP contribution in [0.2, 0.25) is 0 Å². The summed E-state index contributed by atoms with van der Waals surface area (Å²) in [5, 5.41) is 22.4. The van der Waals surface area contributed by atoms with Crippen LogP contribution in [0.1, 0.15) is 74.4 Å². The number of carbonyl (C=O) groups is 1. The van der Waals surface area contributed by atoms with Gasteiger partial charge in [-0.05, 0) is 77.7 Å². The Morgan fingerprint density at radius 1 is 1.07 bits per heavy atom. The van der Waals surface area contributed by atoms with E-state index in [1.165, 1.54) is 16.8 Å². The molecule has 0 amide bonds. The van der Waals surface area contributed by atoms with Crippen molar-refractivity contribution < 1.29 is 15.1 Å². The van der Waals surface area contributed by atoms with E-state index in [1.807, 2.05) is 35.8 Å². The molecular weight excluding hydrogens is 498 g/mol. The number of nitrogens with one attached hydrogen (secondary N) is 2. The van der Waals surface area contributed by atoms with Crippen LogP contribution < -0.4 is 10.8 Å². The van der Waals surface area contributed by atoms with Crippen molar-refractivity contribution in [3.8, 4) is 0 Å². The molecule has 3 aliphatic rings. The van der Waals surface area contributed by atoms with Crippen LogP contribution in [-0.2, 0) is 11.2 Å². The Morgan fingerprint density at radius 3 is 2.60 bits per heavy atom. The lowest BCUT2D eigenvalue weighted by molar-refractivity contribution is -0.117. The van der Waals surface area contributed by atoms with Crippen molar-refractivity contribution in [2.45, 2.75) is 58.6 Å². The number of rotatable bonds is 9. The topological polar surface area (TPSA) is 94.0 Å². The van der Waals surface area contributed by atoms with E-state index in [4.69, 9.17) is 10.2 Å². The van der Waals surface area contributed by atoms with Crippen molar-refractivity contribution >= 4 is 17.1 Å². The van der Waals surface area contributed by atoms with Crippen molar-refractivity contribution in [2.75, 3.05) is 19.6 Å². The first-order valence-electron chi connectivity index (χ1n) is 14.8. The molecule has 0 heterocycles. The zero-order valence-electron chi connectivity index (χ0n) is 23.9. The molecule has 2 aromatic carbocycles. The number of fused-ring (bicyclic) bond motifs is 2. The van der Waals surface area contributed by atoms with Gasteiger partial charge in [-0.2, -0.15) is 5.48 Å². The van der Waals surface area contributed by atoms with Crippen LogP contribution in [0.4, 0.5) is 0 Å². The molecule has 0 aromatic heterocycles. The standard InChI is InChI=1S/C34H43N3O3/c1-21-8-14-27(18-22(21)2)36-17-16-35-20-26-13-15-30-31(19-24-9-11-25(12-10-24)34(39)37-40)23(3)28-6-4-5-7-29(28)32(30)33(26)38/h4-12,14,21-23,26,31,34-35,37,39-40H,13,15-20H2,1-3H3. The fourth-order valence-electron chi connectivity index (χ4n) is 6.63. The van der Waals surface area contributed by atoms with Gasteiger partial charge in [-0.3, -0.25) is 9.79 Å². The van der Waals surface area contributed by atoms with Gasteiger partial charge >= 0.3 is 0 Å². The molecule has 6 unspecified atom stereocenters. The first-order chi connectivity index (χ1) is 19.4. The third-order valence-corrected chi connectivity index (χ3v) is 9.36. The van der Waals surface area contributed by atoms with Gasteiger partial charge in [-0.15, -0.1) is 0 Å². The Kier molecular flexibility index (Phi) is 9.11. The van der Waals surface area contributed by atoms with E-state index in [-0.39, 0.29) is 17.6 Å². The molecule has 2 aromatic rings. The number of hydroxylamine groups is 1. The monoisotopic (exact) mass is 541 g/mol. The first-order valence-corrected chi connectivity index (χ1v) is 14.8. The molecule has 0 saturated heterocycles. The summed E-state index contributed by atoms with van der Waals surface area (Å²) in [6, 6.07) is 16.1. The average molecular weight is 542 g/mol. The predicted octanol–water partition coefficient (Wildman–Crippen LogP) is 5.63. The maximum absolute atomic E-state index is 14.0. The summed E-state index contributed by atoms with van der Waals surface area (Å²) in [5.41, 5.74) is 9.45. The highest BCUT2D eigenvalue weighted by Crippen LogP contribution is 2.49. The van der Waals surface area contributed by atoms with Crippen LogP contribution >= 0.6 is 0 Å². The fraction of sp³-hybridized carbons (Fsp3) is 0.471. The molecule has 0 bridgehead atoms. The van der Waals surface area contributed by atoms with Gasteiger partial charge in [0, 0.05) is 30.3 Å². The van der Waals surface area contributed by atoms with Crippen LogP contribution in [0.5, 0.6) is 0 Å². The minimum absolute atomic E-state index is 0.0179. The van der Waals surface area contributed by atoms with Crippen molar-refractivity contribution in [1.82, 2.24) is 10.8 Å². The number of aliphatic imine (C=N–C) groups is 1. The Labute approximate surface area is 238 Å². The zero-order chi connectivity index (χ0) is 28.2. The van der Waals surface area contributed by atoms with Gasteiger partial charge in [0.2, 0.25) is 0 Å². The second-order valence-corrected chi connectivity index (χ2v) is 11.9.